The fourth-order valence-corrected chi connectivity index (χ4v) is 3.62. The molecule has 0 unspecified atom stereocenters. The molecule has 1 aromatic rings. The van der Waals surface area contributed by atoms with Crippen LogP contribution in [0.25, 0.3) is 0 Å². The van der Waals surface area contributed by atoms with Crippen molar-refractivity contribution in [2.24, 2.45) is 11.3 Å². The van der Waals surface area contributed by atoms with Gasteiger partial charge in [-0.25, -0.2) is 4.79 Å². The molecule has 25 heavy (non-hydrogen) atoms. The SMILES string of the molecule is C=C1C[C@@]2(C(=O)OC(C)(C)C)CN(C(=O)OCc3ccccc3)C[C@@H]12. The summed E-state index contributed by atoms with van der Waals surface area (Å²) >= 11 is 0. The first kappa shape index (κ1) is 17.5. The third kappa shape index (κ3) is 3.41. The summed E-state index contributed by atoms with van der Waals surface area (Å²) in [4.78, 5) is 26.7. The topological polar surface area (TPSA) is 55.8 Å². The largest absolute Gasteiger partial charge is 0.459 e. The van der Waals surface area contributed by atoms with Crippen molar-refractivity contribution in [1.29, 1.82) is 0 Å². The Bertz CT molecular complexity index is 691. The predicted octanol–water partition coefficient (Wildman–Crippen LogP) is 3.54. The van der Waals surface area contributed by atoms with E-state index < -0.39 is 17.1 Å². The molecule has 134 valence electrons. The van der Waals surface area contributed by atoms with Gasteiger partial charge in [-0.15, -0.1) is 0 Å². The van der Waals surface area contributed by atoms with Gasteiger partial charge in [-0.05, 0) is 32.8 Å². The van der Waals surface area contributed by atoms with Crippen molar-refractivity contribution in [3.8, 4) is 0 Å². The molecule has 2 fully saturated rings. The van der Waals surface area contributed by atoms with Crippen LogP contribution < -0.4 is 0 Å². The Morgan fingerprint density at radius 2 is 1.96 bits per heavy atom. The van der Waals surface area contributed by atoms with Gasteiger partial charge in [0.25, 0.3) is 0 Å². The lowest BCUT2D eigenvalue weighted by molar-refractivity contribution is -0.172. The zero-order chi connectivity index (χ0) is 18.2. The Morgan fingerprint density at radius 3 is 2.56 bits per heavy atom. The minimum Gasteiger partial charge on any atom is -0.459 e. The molecule has 1 aliphatic carbocycles. The Labute approximate surface area is 148 Å². The van der Waals surface area contributed by atoms with Crippen molar-refractivity contribution in [1.82, 2.24) is 4.90 Å². The third-order valence-electron chi connectivity index (χ3n) is 4.85. The summed E-state index contributed by atoms with van der Waals surface area (Å²) in [7, 11) is 0. The summed E-state index contributed by atoms with van der Waals surface area (Å²) in [6.45, 7) is 10.6. The molecule has 1 heterocycles. The predicted molar refractivity (Wildman–Crippen MR) is 93.7 cm³/mol. The highest BCUT2D eigenvalue weighted by molar-refractivity contribution is 5.83. The quantitative estimate of drug-likeness (QED) is 0.622. The second-order valence-electron chi connectivity index (χ2n) is 7.97. The number of carbonyl (C=O) groups is 2. The van der Waals surface area contributed by atoms with Gasteiger partial charge in [0.1, 0.15) is 12.2 Å². The monoisotopic (exact) mass is 343 g/mol. The first-order chi connectivity index (χ1) is 11.7. The highest BCUT2D eigenvalue weighted by atomic mass is 16.6. The summed E-state index contributed by atoms with van der Waals surface area (Å²) in [5.41, 5.74) is 0.735. The van der Waals surface area contributed by atoms with E-state index in [1.807, 2.05) is 51.1 Å². The third-order valence-corrected chi connectivity index (χ3v) is 4.85. The Kier molecular flexibility index (Phi) is 4.35. The molecule has 2 atom stereocenters. The van der Waals surface area contributed by atoms with E-state index in [4.69, 9.17) is 9.47 Å². The van der Waals surface area contributed by atoms with Crippen LogP contribution in [-0.4, -0.2) is 35.7 Å². The van der Waals surface area contributed by atoms with E-state index in [0.717, 1.165) is 11.1 Å². The fraction of sp³-hybridized carbons (Fsp3) is 0.500. The maximum atomic E-state index is 12.7. The molecule has 0 radical (unpaired) electrons. The van der Waals surface area contributed by atoms with Crippen LogP contribution in [0.15, 0.2) is 42.5 Å². The van der Waals surface area contributed by atoms with E-state index >= 15 is 0 Å². The number of fused-ring (bicyclic) bond motifs is 1. The summed E-state index contributed by atoms with van der Waals surface area (Å²) in [5.74, 6) is -0.276. The average Bonchev–Trinajstić information content (AvgIpc) is 2.86. The van der Waals surface area contributed by atoms with Gasteiger partial charge in [0.05, 0.1) is 5.41 Å². The summed E-state index contributed by atoms with van der Waals surface area (Å²) in [5, 5.41) is 0. The zero-order valence-corrected chi connectivity index (χ0v) is 15.1. The normalized spacial score (nSPS) is 25.2. The molecule has 3 rings (SSSR count). The second kappa shape index (κ2) is 6.21. The van der Waals surface area contributed by atoms with Gasteiger partial charge in [-0.2, -0.15) is 0 Å². The standard InChI is InChI=1S/C20H25NO4/c1-14-10-20(17(22)25-19(2,3)4)13-21(11-16(14)20)18(23)24-12-15-8-6-5-7-9-15/h5-9,16H,1,10-13H2,2-4H3/t16-,20+/m0/s1. The molecule has 0 spiro atoms. The van der Waals surface area contributed by atoms with Crippen molar-refractivity contribution < 1.29 is 19.1 Å². The number of ether oxygens (including phenoxy) is 2. The van der Waals surface area contributed by atoms with Crippen LogP contribution >= 0.6 is 0 Å². The number of hydrogen-bond acceptors (Lipinski definition) is 4. The Balaban J connectivity index is 1.64. The van der Waals surface area contributed by atoms with Crippen molar-refractivity contribution in [3.63, 3.8) is 0 Å². The maximum absolute atomic E-state index is 12.7. The van der Waals surface area contributed by atoms with Gasteiger partial charge < -0.3 is 14.4 Å². The highest BCUT2D eigenvalue weighted by Gasteiger charge is 2.62. The lowest BCUT2D eigenvalue weighted by Gasteiger charge is -2.44. The van der Waals surface area contributed by atoms with Gasteiger partial charge in [0, 0.05) is 19.0 Å². The van der Waals surface area contributed by atoms with E-state index in [0.29, 0.717) is 19.5 Å². The first-order valence-electron chi connectivity index (χ1n) is 8.58. The molecule has 1 aromatic carbocycles. The van der Waals surface area contributed by atoms with E-state index in [1.165, 1.54) is 0 Å². The highest BCUT2D eigenvalue weighted by Crippen LogP contribution is 2.56. The van der Waals surface area contributed by atoms with Gasteiger partial charge in [0.15, 0.2) is 0 Å². The minimum atomic E-state index is -0.657. The van der Waals surface area contributed by atoms with Gasteiger partial charge >= 0.3 is 12.1 Å². The maximum Gasteiger partial charge on any atom is 0.410 e. The number of carbonyl (C=O) groups excluding carboxylic acids is 2. The zero-order valence-electron chi connectivity index (χ0n) is 15.1. The number of hydrogen-bond donors (Lipinski definition) is 0. The summed E-state index contributed by atoms with van der Waals surface area (Å²) < 4.78 is 11.0. The van der Waals surface area contributed by atoms with Crippen LogP contribution in [0.3, 0.4) is 0 Å². The number of amides is 1. The van der Waals surface area contributed by atoms with Crippen LogP contribution in [0.4, 0.5) is 4.79 Å². The fourth-order valence-electron chi connectivity index (χ4n) is 3.62. The number of esters is 1. The van der Waals surface area contributed by atoms with Gasteiger partial charge in [0.2, 0.25) is 0 Å². The van der Waals surface area contributed by atoms with Crippen molar-refractivity contribution >= 4 is 12.1 Å². The molecule has 2 aliphatic rings. The molecule has 5 nitrogen and oxygen atoms in total. The van der Waals surface area contributed by atoms with Crippen molar-refractivity contribution in [2.45, 2.75) is 39.4 Å². The summed E-state index contributed by atoms with van der Waals surface area (Å²) in [6.07, 6.45) is 0.184. The van der Waals surface area contributed by atoms with Crippen LogP contribution in [0.5, 0.6) is 0 Å². The Hall–Kier alpha value is -2.30. The van der Waals surface area contributed by atoms with Crippen LogP contribution in [0, 0.1) is 11.3 Å². The van der Waals surface area contributed by atoms with E-state index in [9.17, 15) is 9.59 Å². The molecule has 1 saturated carbocycles. The molecule has 1 aliphatic heterocycles. The van der Waals surface area contributed by atoms with Gasteiger partial charge in [-0.3, -0.25) is 4.79 Å². The van der Waals surface area contributed by atoms with E-state index in [2.05, 4.69) is 6.58 Å². The lowest BCUT2D eigenvalue weighted by atomic mass is 9.59. The van der Waals surface area contributed by atoms with Gasteiger partial charge in [-0.1, -0.05) is 42.5 Å². The summed E-state index contributed by atoms with van der Waals surface area (Å²) in [6, 6.07) is 9.54. The number of rotatable bonds is 3. The molecule has 0 aromatic heterocycles. The number of nitrogens with zero attached hydrogens (tertiary/aromatic N) is 1. The lowest BCUT2D eigenvalue weighted by Crippen LogP contribution is -2.50. The smallest absolute Gasteiger partial charge is 0.410 e. The first-order valence-corrected chi connectivity index (χ1v) is 8.58. The van der Waals surface area contributed by atoms with Crippen LogP contribution in [-0.2, 0) is 20.9 Å². The molecular weight excluding hydrogens is 318 g/mol. The van der Waals surface area contributed by atoms with Crippen LogP contribution in [0.1, 0.15) is 32.8 Å². The van der Waals surface area contributed by atoms with Crippen molar-refractivity contribution in [2.75, 3.05) is 13.1 Å². The van der Waals surface area contributed by atoms with Crippen LogP contribution in [0.2, 0.25) is 0 Å². The Morgan fingerprint density at radius 1 is 1.28 bits per heavy atom. The average molecular weight is 343 g/mol. The molecule has 1 amide bonds. The molecule has 5 heteroatoms. The molecule has 0 bridgehead atoms. The molecule has 1 saturated heterocycles. The minimum absolute atomic E-state index is 0.0355. The van der Waals surface area contributed by atoms with E-state index in [-0.39, 0.29) is 18.5 Å². The molecule has 0 N–H and O–H groups in total. The molecular formula is C20H25NO4. The number of likely N-dealkylation sites (tertiary alicyclic amines) is 1. The number of benzene rings is 1. The second-order valence-corrected chi connectivity index (χ2v) is 7.97. The van der Waals surface area contributed by atoms with Crippen molar-refractivity contribution in [3.05, 3.63) is 48.0 Å². The van der Waals surface area contributed by atoms with E-state index in [1.54, 1.807) is 4.90 Å².